The zero-order chi connectivity index (χ0) is 22.6. The van der Waals surface area contributed by atoms with Crippen LogP contribution in [0.1, 0.15) is 31.2 Å². The van der Waals surface area contributed by atoms with E-state index in [1.54, 1.807) is 11.9 Å². The molecular weight excluding hydrogens is 412 g/mol. The van der Waals surface area contributed by atoms with Crippen LogP contribution in [-0.2, 0) is 16.0 Å². The number of ether oxygens (including phenoxy) is 1. The number of hydrogen-bond donors (Lipinski definition) is 1. The van der Waals surface area contributed by atoms with Gasteiger partial charge in [0.2, 0.25) is 11.8 Å². The average molecular weight is 443 g/mol. The molecule has 3 amide bonds. The van der Waals surface area contributed by atoms with Crippen LogP contribution in [0.2, 0.25) is 0 Å². The summed E-state index contributed by atoms with van der Waals surface area (Å²) >= 11 is 1.02. The molecule has 1 aliphatic rings. The first-order chi connectivity index (χ1) is 14.9. The third-order valence-corrected chi connectivity index (χ3v) is 5.80. The molecule has 166 valence electrons. The van der Waals surface area contributed by atoms with E-state index in [0.29, 0.717) is 38.2 Å². The Bertz CT molecular complexity index is 832. The van der Waals surface area contributed by atoms with Gasteiger partial charge in [-0.15, -0.1) is 13.2 Å². The van der Waals surface area contributed by atoms with E-state index in [9.17, 15) is 14.4 Å². The molecule has 0 aliphatic carbocycles. The first kappa shape index (κ1) is 24.5. The molecule has 0 aromatic heterocycles. The van der Waals surface area contributed by atoms with E-state index in [1.807, 2.05) is 36.4 Å². The molecule has 1 aromatic carbocycles. The van der Waals surface area contributed by atoms with Crippen LogP contribution in [0, 0.1) is 0 Å². The molecule has 1 unspecified atom stereocenters. The van der Waals surface area contributed by atoms with Crippen LogP contribution in [0.3, 0.4) is 0 Å². The third kappa shape index (κ3) is 8.45. The number of carbonyl (C=O) groups excluding carboxylic acids is 3. The SMILES string of the molecule is C=CCC/C=C(\CC=C)CC(=O)N(C)CCOc1ccc(CC2SC(=O)NC2=O)cc1. The number of carbonyl (C=O) groups is 3. The van der Waals surface area contributed by atoms with Gasteiger partial charge in [-0.2, -0.15) is 0 Å². The average Bonchev–Trinajstić information content (AvgIpc) is 3.06. The van der Waals surface area contributed by atoms with Gasteiger partial charge in [0, 0.05) is 13.5 Å². The summed E-state index contributed by atoms with van der Waals surface area (Å²) in [6.45, 7) is 8.35. The minimum atomic E-state index is -0.379. The van der Waals surface area contributed by atoms with Gasteiger partial charge < -0.3 is 9.64 Å². The second-order valence-electron chi connectivity index (χ2n) is 7.29. The van der Waals surface area contributed by atoms with Crippen LogP contribution < -0.4 is 10.1 Å². The van der Waals surface area contributed by atoms with Crippen LogP contribution in [0.25, 0.3) is 0 Å². The monoisotopic (exact) mass is 442 g/mol. The van der Waals surface area contributed by atoms with Gasteiger partial charge in [0.15, 0.2) is 0 Å². The molecule has 6 nitrogen and oxygen atoms in total. The molecular formula is C24H30N2O4S. The lowest BCUT2D eigenvalue weighted by Crippen LogP contribution is -2.31. The number of imide groups is 1. The maximum absolute atomic E-state index is 12.5. The first-order valence-electron chi connectivity index (χ1n) is 10.3. The molecule has 0 spiro atoms. The number of amides is 3. The number of hydrogen-bond acceptors (Lipinski definition) is 5. The van der Waals surface area contributed by atoms with Gasteiger partial charge in [0.05, 0.1) is 11.8 Å². The van der Waals surface area contributed by atoms with Gasteiger partial charge >= 0.3 is 0 Å². The second kappa shape index (κ2) is 12.8. The lowest BCUT2D eigenvalue weighted by molar-refractivity contribution is -0.129. The number of unbranched alkanes of at least 4 members (excludes halogenated alkanes) is 1. The Morgan fingerprint density at radius 3 is 2.55 bits per heavy atom. The Hall–Kier alpha value is -2.80. The summed E-state index contributed by atoms with van der Waals surface area (Å²) in [4.78, 5) is 37.1. The Labute approximate surface area is 188 Å². The molecule has 1 N–H and O–H groups in total. The molecule has 31 heavy (non-hydrogen) atoms. The van der Waals surface area contributed by atoms with Crippen molar-refractivity contribution in [1.29, 1.82) is 0 Å². The summed E-state index contributed by atoms with van der Waals surface area (Å²) in [5, 5.41) is 1.62. The fourth-order valence-corrected chi connectivity index (χ4v) is 3.90. The zero-order valence-corrected chi connectivity index (χ0v) is 18.8. The Morgan fingerprint density at radius 1 is 1.19 bits per heavy atom. The first-order valence-corrected chi connectivity index (χ1v) is 11.2. The van der Waals surface area contributed by atoms with Crippen LogP contribution in [0.4, 0.5) is 4.79 Å². The number of thioether (sulfide) groups is 1. The van der Waals surface area contributed by atoms with Gasteiger partial charge in [-0.05, 0) is 43.4 Å². The lowest BCUT2D eigenvalue weighted by atomic mass is 10.1. The molecule has 0 radical (unpaired) electrons. The molecule has 7 heteroatoms. The fraction of sp³-hybridized carbons (Fsp3) is 0.375. The molecule has 2 rings (SSSR count). The van der Waals surface area contributed by atoms with E-state index in [4.69, 9.17) is 4.74 Å². The summed E-state index contributed by atoms with van der Waals surface area (Å²) in [5.74, 6) is 0.503. The van der Waals surface area contributed by atoms with Gasteiger partial charge in [0.25, 0.3) is 5.24 Å². The van der Waals surface area contributed by atoms with Crippen molar-refractivity contribution in [2.75, 3.05) is 20.2 Å². The van der Waals surface area contributed by atoms with E-state index < -0.39 is 0 Å². The van der Waals surface area contributed by atoms with E-state index in [1.165, 1.54) is 0 Å². The van der Waals surface area contributed by atoms with Crippen LogP contribution in [0.5, 0.6) is 5.75 Å². The second-order valence-corrected chi connectivity index (χ2v) is 8.47. The highest BCUT2D eigenvalue weighted by Gasteiger charge is 2.31. The van der Waals surface area contributed by atoms with Crippen molar-refractivity contribution in [2.24, 2.45) is 0 Å². The van der Waals surface area contributed by atoms with Crippen LogP contribution >= 0.6 is 11.8 Å². The smallest absolute Gasteiger partial charge is 0.286 e. The summed E-state index contributed by atoms with van der Waals surface area (Å²) in [6.07, 6.45) is 9.12. The Morgan fingerprint density at radius 2 is 1.94 bits per heavy atom. The minimum absolute atomic E-state index is 0.0486. The van der Waals surface area contributed by atoms with Crippen LogP contribution in [0.15, 0.2) is 61.2 Å². The maximum Gasteiger partial charge on any atom is 0.286 e. The highest BCUT2D eigenvalue weighted by atomic mass is 32.2. The normalized spacial score (nSPS) is 16.0. The van der Waals surface area contributed by atoms with E-state index >= 15 is 0 Å². The predicted octanol–water partition coefficient (Wildman–Crippen LogP) is 4.28. The maximum atomic E-state index is 12.5. The summed E-state index contributed by atoms with van der Waals surface area (Å²) < 4.78 is 5.75. The highest BCUT2D eigenvalue weighted by Crippen LogP contribution is 2.24. The zero-order valence-electron chi connectivity index (χ0n) is 18.0. The largest absolute Gasteiger partial charge is 0.492 e. The molecule has 1 saturated heterocycles. The van der Waals surface area contributed by atoms with E-state index in [0.717, 1.165) is 35.7 Å². The van der Waals surface area contributed by atoms with E-state index in [2.05, 4.69) is 24.6 Å². The Balaban J connectivity index is 1.76. The van der Waals surface area contributed by atoms with Gasteiger partial charge in [-0.25, -0.2) is 0 Å². The molecule has 0 saturated carbocycles. The third-order valence-electron chi connectivity index (χ3n) is 4.82. The number of allylic oxidation sites excluding steroid dienone is 3. The molecule has 0 bridgehead atoms. The van der Waals surface area contributed by atoms with Gasteiger partial charge in [-0.1, -0.05) is 47.7 Å². The molecule has 1 aliphatic heterocycles. The summed E-state index contributed by atoms with van der Waals surface area (Å²) in [6, 6.07) is 7.44. The van der Waals surface area contributed by atoms with Gasteiger partial charge in [-0.3, -0.25) is 19.7 Å². The molecule has 1 heterocycles. The number of likely N-dealkylation sites (N-methyl/N-ethyl adjacent to an activating group) is 1. The molecule has 1 atom stereocenters. The number of nitrogens with one attached hydrogen (secondary N) is 1. The molecule has 1 aromatic rings. The predicted molar refractivity (Wildman–Crippen MR) is 125 cm³/mol. The highest BCUT2D eigenvalue weighted by molar-refractivity contribution is 8.15. The summed E-state index contributed by atoms with van der Waals surface area (Å²) in [5.41, 5.74) is 2.03. The number of nitrogens with zero attached hydrogens (tertiary/aromatic N) is 1. The fourth-order valence-electron chi connectivity index (χ4n) is 3.04. The number of rotatable bonds is 13. The molecule has 1 fully saturated rings. The van der Waals surface area contributed by atoms with Crippen molar-refractivity contribution in [3.8, 4) is 5.75 Å². The van der Waals surface area contributed by atoms with Crippen molar-refractivity contribution in [2.45, 2.75) is 37.4 Å². The lowest BCUT2D eigenvalue weighted by Gasteiger charge is -2.18. The minimum Gasteiger partial charge on any atom is -0.492 e. The van der Waals surface area contributed by atoms with Crippen molar-refractivity contribution in [1.82, 2.24) is 10.2 Å². The Kier molecular flexibility index (Phi) is 10.1. The topological polar surface area (TPSA) is 75.7 Å². The van der Waals surface area contributed by atoms with Gasteiger partial charge in [0.1, 0.15) is 12.4 Å². The quantitative estimate of drug-likeness (QED) is 0.365. The number of benzene rings is 1. The van der Waals surface area contributed by atoms with Crippen molar-refractivity contribution in [3.63, 3.8) is 0 Å². The van der Waals surface area contributed by atoms with Crippen molar-refractivity contribution < 1.29 is 19.1 Å². The van der Waals surface area contributed by atoms with Crippen LogP contribution in [-0.4, -0.2) is 47.4 Å². The summed E-state index contributed by atoms with van der Waals surface area (Å²) in [7, 11) is 1.77. The van der Waals surface area contributed by atoms with Crippen molar-refractivity contribution in [3.05, 3.63) is 66.8 Å². The van der Waals surface area contributed by atoms with Crippen molar-refractivity contribution >= 4 is 28.8 Å². The van der Waals surface area contributed by atoms with E-state index in [-0.39, 0.29) is 22.3 Å². The standard InChI is InChI=1S/C24H30N2O4S/c1-4-6-7-9-18(8-5-2)17-22(27)26(3)14-15-30-20-12-10-19(11-13-20)16-21-23(28)25-24(29)31-21/h4-5,9-13,21H,1-2,6-8,14-17H2,3H3,(H,25,28,29)/b18-9+.